The van der Waals surface area contributed by atoms with Gasteiger partial charge in [-0.15, -0.1) is 0 Å². The van der Waals surface area contributed by atoms with Gasteiger partial charge < -0.3 is 24.5 Å². The number of benzene rings is 4. The number of likely N-dealkylation sites (tertiary alicyclic amines) is 2. The van der Waals surface area contributed by atoms with Crippen molar-refractivity contribution >= 4 is 40.7 Å². The van der Waals surface area contributed by atoms with Crippen LogP contribution in [0.1, 0.15) is 60.6 Å². The van der Waals surface area contributed by atoms with Crippen LogP contribution in [0.4, 0.5) is 5.69 Å². The van der Waals surface area contributed by atoms with Crippen molar-refractivity contribution in [2.24, 2.45) is 0 Å². The van der Waals surface area contributed by atoms with Crippen LogP contribution in [0.2, 0.25) is 0 Å². The average molecular weight is 778 g/mol. The molecule has 4 atom stereocenters. The van der Waals surface area contributed by atoms with Crippen molar-refractivity contribution in [3.8, 4) is 22.8 Å². The lowest BCUT2D eigenvalue weighted by Crippen LogP contribution is -2.47. The highest BCUT2D eigenvalue weighted by molar-refractivity contribution is 5.99. The zero-order valence-electron chi connectivity index (χ0n) is 33.3. The Bertz CT molecular complexity index is 2450. The zero-order chi connectivity index (χ0) is 40.3. The molecule has 0 bridgehead atoms. The van der Waals surface area contributed by atoms with E-state index in [1.807, 2.05) is 152 Å². The number of carbonyl (C=O) groups is 3. The highest BCUT2D eigenvalue weighted by Crippen LogP contribution is 2.36. The molecule has 4 heterocycles. The number of nitrogens with one attached hydrogen (secondary N) is 2. The van der Waals surface area contributed by atoms with Gasteiger partial charge in [-0.2, -0.15) is 0 Å². The summed E-state index contributed by atoms with van der Waals surface area (Å²) in [6.45, 7) is 1.20. The molecule has 2 saturated heterocycles. The molecule has 0 spiro atoms. The normalized spacial score (nSPS) is 17.7. The number of aromatic amines is 1. The van der Waals surface area contributed by atoms with E-state index >= 15 is 0 Å². The van der Waals surface area contributed by atoms with Crippen molar-refractivity contribution in [3.63, 3.8) is 0 Å². The number of hydrogen-bond donors (Lipinski definition) is 2. The lowest BCUT2D eigenvalue weighted by Gasteiger charge is -2.31. The Morgan fingerprint density at radius 1 is 0.845 bits per heavy atom. The fraction of sp³-hybridized carbons (Fsp3) is 0.304. The van der Waals surface area contributed by atoms with Gasteiger partial charge in [0, 0.05) is 29.9 Å². The molecule has 4 aromatic carbocycles. The van der Waals surface area contributed by atoms with Crippen LogP contribution in [0.25, 0.3) is 33.8 Å². The van der Waals surface area contributed by atoms with Gasteiger partial charge in [0.15, 0.2) is 12.0 Å². The largest absolute Gasteiger partial charge is 0.436 e. The van der Waals surface area contributed by atoms with Crippen LogP contribution in [0.3, 0.4) is 0 Å². The number of hydrogen-bond acceptors (Lipinski definition) is 7. The zero-order valence-corrected chi connectivity index (χ0v) is 33.3. The summed E-state index contributed by atoms with van der Waals surface area (Å²) in [7, 11) is 7.66. The number of imidazole rings is 1. The van der Waals surface area contributed by atoms with Gasteiger partial charge in [-0.1, -0.05) is 66.7 Å². The lowest BCUT2D eigenvalue weighted by atomic mass is 9.98. The first kappa shape index (κ1) is 38.5. The maximum absolute atomic E-state index is 14.1. The summed E-state index contributed by atoms with van der Waals surface area (Å²) in [5.41, 5.74) is 5.63. The Labute approximate surface area is 338 Å². The van der Waals surface area contributed by atoms with Gasteiger partial charge in [0.25, 0.3) is 0 Å². The number of nitrogens with zero attached hydrogens (tertiary/aromatic N) is 6. The molecule has 12 heteroatoms. The number of amides is 3. The molecular weight excluding hydrogens is 729 g/mol. The van der Waals surface area contributed by atoms with Crippen LogP contribution in [-0.4, -0.2) is 105 Å². The van der Waals surface area contributed by atoms with E-state index in [0.717, 1.165) is 52.8 Å². The Kier molecular flexibility index (Phi) is 11.0. The minimum absolute atomic E-state index is 0.0639. The molecule has 0 aliphatic carbocycles. The molecule has 2 aliphatic rings. The van der Waals surface area contributed by atoms with Gasteiger partial charge in [0.05, 0.1) is 23.3 Å². The molecule has 2 N–H and O–H groups in total. The van der Waals surface area contributed by atoms with Crippen LogP contribution in [0.15, 0.2) is 114 Å². The molecule has 58 heavy (non-hydrogen) atoms. The number of rotatable bonds is 11. The van der Waals surface area contributed by atoms with Gasteiger partial charge in [-0.05, 0) is 87.3 Å². The van der Waals surface area contributed by atoms with Gasteiger partial charge in [0.2, 0.25) is 23.6 Å². The van der Waals surface area contributed by atoms with Crippen molar-refractivity contribution < 1.29 is 23.4 Å². The number of H-pyrrole nitrogens is 1. The second-order valence-electron chi connectivity index (χ2n) is 15.6. The van der Waals surface area contributed by atoms with Crippen LogP contribution in [0, 0.1) is 0 Å². The Hall–Kier alpha value is -6.40. The molecule has 2 fully saturated rings. The SMILES string of the molecule is CN(C)[C@@H](C(=O)N1CCC[C@H]1C(=O)Nc1cccc(-c2ncc(-c3ccc4nc([C@@H]5CCCN5C(=O)C(C=[N+](C)C)c5ccccc5)[nH]c4c3)o2)c1)c1ccccc1. The van der Waals surface area contributed by atoms with Gasteiger partial charge >= 0.3 is 0 Å². The van der Waals surface area contributed by atoms with E-state index in [0.29, 0.717) is 42.4 Å². The molecule has 6 aromatic rings. The molecular formula is C46H49N8O4+. The third-order valence-electron chi connectivity index (χ3n) is 11.1. The first-order valence-electron chi connectivity index (χ1n) is 19.9. The molecule has 1 unspecified atom stereocenters. The second kappa shape index (κ2) is 16.6. The highest BCUT2D eigenvalue weighted by Gasteiger charge is 2.39. The van der Waals surface area contributed by atoms with Crippen LogP contribution < -0.4 is 5.32 Å². The molecule has 0 saturated carbocycles. The fourth-order valence-electron chi connectivity index (χ4n) is 8.34. The summed E-state index contributed by atoms with van der Waals surface area (Å²) < 4.78 is 8.22. The quantitative estimate of drug-likeness (QED) is 0.108. The number of carbonyl (C=O) groups excluding carboxylic acids is 3. The average Bonchev–Trinajstić information content (AvgIpc) is 4.07. The van der Waals surface area contributed by atoms with E-state index in [-0.39, 0.29) is 29.7 Å². The maximum atomic E-state index is 14.1. The van der Waals surface area contributed by atoms with Gasteiger partial charge in [-0.25, -0.2) is 14.5 Å². The van der Waals surface area contributed by atoms with Crippen molar-refractivity contribution in [1.82, 2.24) is 29.7 Å². The van der Waals surface area contributed by atoms with Crippen molar-refractivity contribution in [2.75, 3.05) is 46.6 Å². The summed E-state index contributed by atoms with van der Waals surface area (Å²) in [4.78, 5) is 60.2. The molecule has 12 nitrogen and oxygen atoms in total. The smallest absolute Gasteiger partial charge is 0.247 e. The summed E-state index contributed by atoms with van der Waals surface area (Å²) in [6.07, 6.45) is 6.74. The molecule has 0 radical (unpaired) electrons. The first-order valence-corrected chi connectivity index (χ1v) is 19.9. The summed E-state index contributed by atoms with van der Waals surface area (Å²) in [6, 6.07) is 31.7. The van der Waals surface area contributed by atoms with Crippen molar-refractivity contribution in [1.29, 1.82) is 0 Å². The number of fused-ring (bicyclic) bond motifs is 1. The summed E-state index contributed by atoms with van der Waals surface area (Å²) in [5, 5.41) is 3.05. The molecule has 2 aromatic heterocycles. The minimum Gasteiger partial charge on any atom is -0.436 e. The van der Waals surface area contributed by atoms with Crippen LogP contribution in [-0.2, 0) is 14.4 Å². The van der Waals surface area contributed by atoms with E-state index in [1.165, 1.54) is 0 Å². The highest BCUT2D eigenvalue weighted by atomic mass is 16.4. The standard InChI is InChI=1S/C46H48N8O4/c1-51(2)29-35(30-14-7-5-8-15-30)45(56)53-24-12-20-38(53)42-49-36-23-22-32(27-37(36)50-42)40-28-47-44(58-40)33-18-11-19-34(26-33)48-43(55)39-21-13-25-54(39)46(57)41(52(3)4)31-16-9-6-10-17-31/h5-11,14-19,22-23,26-29,35,38-39,41H,12-13,20-21,24-25H2,1-4H3,(H-,48,49,50,55)/p+1/t35?,38-,39-,41+/m0/s1. The Balaban J connectivity index is 0.964. The third kappa shape index (κ3) is 7.92. The number of oxazole rings is 1. The van der Waals surface area contributed by atoms with Gasteiger partial charge in [-0.3, -0.25) is 19.3 Å². The minimum atomic E-state index is -0.571. The Morgan fingerprint density at radius 2 is 1.57 bits per heavy atom. The second-order valence-corrected chi connectivity index (χ2v) is 15.6. The molecule has 2 aliphatic heterocycles. The molecule has 296 valence electrons. The van der Waals surface area contributed by atoms with Crippen molar-refractivity contribution in [2.45, 2.75) is 49.7 Å². The van der Waals surface area contributed by atoms with E-state index < -0.39 is 12.1 Å². The molecule has 8 rings (SSSR count). The first-order chi connectivity index (χ1) is 28.1. The lowest BCUT2D eigenvalue weighted by molar-refractivity contribution is -0.460. The third-order valence-corrected chi connectivity index (χ3v) is 11.1. The predicted octanol–water partition coefficient (Wildman–Crippen LogP) is 6.91. The van der Waals surface area contributed by atoms with E-state index in [4.69, 9.17) is 9.40 Å². The molecule has 3 amide bonds. The number of aromatic nitrogens is 3. The van der Waals surface area contributed by atoms with Crippen molar-refractivity contribution in [3.05, 3.63) is 126 Å². The fourth-order valence-corrected chi connectivity index (χ4v) is 8.34. The summed E-state index contributed by atoms with van der Waals surface area (Å²) >= 11 is 0. The van der Waals surface area contributed by atoms with E-state index in [9.17, 15) is 14.4 Å². The van der Waals surface area contributed by atoms with Gasteiger partial charge in [0.1, 0.15) is 37.9 Å². The summed E-state index contributed by atoms with van der Waals surface area (Å²) in [5.74, 6) is 1.13. The van der Waals surface area contributed by atoms with Crippen LogP contribution >= 0.6 is 0 Å². The Morgan fingerprint density at radius 3 is 2.31 bits per heavy atom. The topological polar surface area (TPSA) is 131 Å². The van der Waals surface area contributed by atoms with E-state index in [2.05, 4.69) is 15.3 Å². The monoisotopic (exact) mass is 777 g/mol. The van der Waals surface area contributed by atoms with E-state index in [1.54, 1.807) is 11.1 Å². The maximum Gasteiger partial charge on any atom is 0.247 e. The van der Waals surface area contributed by atoms with Crippen LogP contribution in [0.5, 0.6) is 0 Å². The predicted molar refractivity (Wildman–Crippen MR) is 224 cm³/mol. The number of anilines is 1. The number of likely N-dealkylation sites (N-methyl/N-ethyl adjacent to an activating group) is 1.